The zero-order valence-corrected chi connectivity index (χ0v) is 9.70. The largest absolute Gasteiger partial charge is 0.481 e. The number of hydrogen-bond acceptors (Lipinski definition) is 3. The van der Waals surface area contributed by atoms with Gasteiger partial charge in [-0.25, -0.2) is 4.39 Å². The van der Waals surface area contributed by atoms with Crippen molar-refractivity contribution in [3.8, 4) is 11.8 Å². The van der Waals surface area contributed by atoms with Crippen LogP contribution in [0, 0.1) is 17.7 Å². The Morgan fingerprint density at radius 2 is 2.17 bits per heavy atom. The van der Waals surface area contributed by atoms with E-state index in [0.717, 1.165) is 6.07 Å². The van der Waals surface area contributed by atoms with Gasteiger partial charge in [-0.3, -0.25) is 9.59 Å². The summed E-state index contributed by atoms with van der Waals surface area (Å²) in [5.74, 6) is 2.94. The monoisotopic (exact) mass is 250 g/mol. The first-order chi connectivity index (χ1) is 8.52. The molecule has 0 amide bonds. The molecule has 0 bridgehead atoms. The first-order valence-electron chi connectivity index (χ1n) is 5.09. The third-order valence-corrected chi connectivity index (χ3v) is 2.09. The lowest BCUT2D eigenvalue weighted by molar-refractivity contribution is -0.139. The fraction of sp³-hybridized carbons (Fsp3) is 0.231. The lowest BCUT2D eigenvalue weighted by Crippen LogP contribution is -2.02. The molecule has 0 saturated heterocycles. The molecule has 0 aliphatic heterocycles. The van der Waals surface area contributed by atoms with Crippen molar-refractivity contribution in [1.82, 2.24) is 0 Å². The van der Waals surface area contributed by atoms with Crippen LogP contribution < -0.4 is 0 Å². The molecule has 1 aromatic carbocycles. The number of carboxylic acids is 1. The summed E-state index contributed by atoms with van der Waals surface area (Å²) >= 11 is 0. The van der Waals surface area contributed by atoms with Crippen molar-refractivity contribution in [2.75, 3.05) is 7.11 Å². The zero-order valence-electron chi connectivity index (χ0n) is 9.70. The average Bonchev–Trinajstić information content (AvgIpc) is 2.32. The van der Waals surface area contributed by atoms with Gasteiger partial charge in [0, 0.05) is 5.56 Å². The van der Waals surface area contributed by atoms with Crippen LogP contribution in [0.15, 0.2) is 18.2 Å². The lowest BCUT2D eigenvalue weighted by Gasteiger charge is -1.99. The van der Waals surface area contributed by atoms with E-state index in [2.05, 4.69) is 16.6 Å². The summed E-state index contributed by atoms with van der Waals surface area (Å²) in [7, 11) is 1.25. The number of carbonyl (C=O) groups excluding carboxylic acids is 1. The van der Waals surface area contributed by atoms with Crippen molar-refractivity contribution in [3.05, 3.63) is 35.1 Å². The Labute approximate surface area is 103 Å². The van der Waals surface area contributed by atoms with E-state index < -0.39 is 17.8 Å². The smallest absolute Gasteiger partial charge is 0.317 e. The van der Waals surface area contributed by atoms with Gasteiger partial charge in [0.1, 0.15) is 12.2 Å². The van der Waals surface area contributed by atoms with E-state index >= 15 is 0 Å². The van der Waals surface area contributed by atoms with Crippen molar-refractivity contribution in [3.63, 3.8) is 0 Å². The number of benzene rings is 1. The molecule has 0 atom stereocenters. The molecule has 0 radical (unpaired) electrons. The van der Waals surface area contributed by atoms with E-state index in [9.17, 15) is 14.0 Å². The number of carboxylic acid groups (broad SMARTS) is 1. The van der Waals surface area contributed by atoms with Gasteiger partial charge in [0.25, 0.3) is 0 Å². The summed E-state index contributed by atoms with van der Waals surface area (Å²) in [5, 5.41) is 8.54. The molecule has 18 heavy (non-hydrogen) atoms. The maximum absolute atomic E-state index is 13.4. The number of esters is 1. The van der Waals surface area contributed by atoms with Gasteiger partial charge < -0.3 is 9.84 Å². The Hall–Kier alpha value is -2.35. The summed E-state index contributed by atoms with van der Waals surface area (Å²) in [6.07, 6.45) is -0.448. The molecule has 1 aromatic rings. The number of carbonyl (C=O) groups is 2. The molecular weight excluding hydrogens is 239 g/mol. The first kappa shape index (κ1) is 13.7. The number of aliphatic carboxylic acids is 1. The quantitative estimate of drug-likeness (QED) is 0.650. The van der Waals surface area contributed by atoms with E-state index in [0.29, 0.717) is 5.56 Å². The molecule has 0 aliphatic carbocycles. The average molecular weight is 250 g/mol. The Morgan fingerprint density at radius 3 is 2.72 bits per heavy atom. The number of halogens is 1. The van der Waals surface area contributed by atoms with Gasteiger partial charge >= 0.3 is 11.9 Å². The second-order valence-corrected chi connectivity index (χ2v) is 3.43. The fourth-order valence-electron chi connectivity index (χ4n) is 1.22. The van der Waals surface area contributed by atoms with Gasteiger partial charge in [-0.2, -0.15) is 0 Å². The minimum atomic E-state index is -1.10. The number of methoxy groups -OCH3 is 1. The van der Waals surface area contributed by atoms with Crippen molar-refractivity contribution in [2.24, 2.45) is 0 Å². The van der Waals surface area contributed by atoms with E-state index in [4.69, 9.17) is 5.11 Å². The minimum absolute atomic E-state index is 0.0744. The molecule has 0 saturated carbocycles. The lowest BCUT2D eigenvalue weighted by atomic mass is 10.1. The van der Waals surface area contributed by atoms with Crippen molar-refractivity contribution >= 4 is 11.9 Å². The van der Waals surface area contributed by atoms with Crippen LogP contribution in [0.5, 0.6) is 0 Å². The van der Waals surface area contributed by atoms with Gasteiger partial charge in [0.05, 0.1) is 13.5 Å². The van der Waals surface area contributed by atoms with E-state index in [1.165, 1.54) is 19.2 Å². The van der Waals surface area contributed by atoms with Gasteiger partial charge in [-0.1, -0.05) is 17.9 Å². The number of ether oxygens (including phenoxy) is 1. The topological polar surface area (TPSA) is 63.6 Å². The summed E-state index contributed by atoms with van der Waals surface area (Å²) in [5.41, 5.74) is 0.478. The minimum Gasteiger partial charge on any atom is -0.481 e. The van der Waals surface area contributed by atoms with Crippen LogP contribution in [0.25, 0.3) is 0 Å². The summed E-state index contributed by atoms with van der Waals surface area (Å²) in [4.78, 5) is 21.2. The molecule has 0 spiro atoms. The molecule has 0 heterocycles. The Kier molecular flexibility index (Phi) is 4.88. The van der Waals surface area contributed by atoms with Crippen molar-refractivity contribution < 1.29 is 23.8 Å². The summed E-state index contributed by atoms with van der Waals surface area (Å²) < 4.78 is 17.8. The van der Waals surface area contributed by atoms with Crippen LogP contribution >= 0.6 is 0 Å². The number of rotatable bonds is 3. The van der Waals surface area contributed by atoms with Crippen LogP contribution in [-0.4, -0.2) is 24.2 Å². The highest BCUT2D eigenvalue weighted by Gasteiger charge is 2.06. The number of hydrogen-bond donors (Lipinski definition) is 1. The normalized spacial score (nSPS) is 9.22. The van der Waals surface area contributed by atoms with Gasteiger partial charge in [-0.05, 0) is 17.7 Å². The Bertz CT molecular complexity index is 526. The van der Waals surface area contributed by atoms with E-state index in [1.54, 1.807) is 0 Å². The predicted molar refractivity (Wildman–Crippen MR) is 61.3 cm³/mol. The van der Waals surface area contributed by atoms with Crippen LogP contribution in [0.4, 0.5) is 4.39 Å². The second kappa shape index (κ2) is 6.40. The standard InChI is InChI=1S/C13H11FO4/c1-18-13(17)4-2-3-9-5-6-10(8-12(15)16)11(14)7-9/h5-7H,4,8H2,1H3,(H,15,16). The third kappa shape index (κ3) is 4.26. The Morgan fingerprint density at radius 1 is 1.44 bits per heavy atom. The molecule has 0 aromatic heterocycles. The molecule has 94 valence electrons. The molecule has 1 N–H and O–H groups in total. The molecule has 0 fully saturated rings. The fourth-order valence-corrected chi connectivity index (χ4v) is 1.22. The van der Waals surface area contributed by atoms with Crippen molar-refractivity contribution in [1.29, 1.82) is 0 Å². The van der Waals surface area contributed by atoms with Crippen LogP contribution in [0.2, 0.25) is 0 Å². The van der Waals surface area contributed by atoms with Gasteiger partial charge in [-0.15, -0.1) is 0 Å². The highest BCUT2D eigenvalue weighted by atomic mass is 19.1. The summed E-state index contributed by atoms with van der Waals surface area (Å²) in [6.45, 7) is 0. The summed E-state index contributed by atoms with van der Waals surface area (Å²) in [6, 6.07) is 4.01. The Balaban J connectivity index is 2.78. The molecule has 5 heteroatoms. The van der Waals surface area contributed by atoms with Crippen LogP contribution in [0.1, 0.15) is 17.5 Å². The van der Waals surface area contributed by atoms with Gasteiger partial charge in [0.2, 0.25) is 0 Å². The van der Waals surface area contributed by atoms with Gasteiger partial charge in [0.15, 0.2) is 0 Å². The first-order valence-corrected chi connectivity index (χ1v) is 5.09. The van der Waals surface area contributed by atoms with Crippen LogP contribution in [0.3, 0.4) is 0 Å². The second-order valence-electron chi connectivity index (χ2n) is 3.43. The van der Waals surface area contributed by atoms with Crippen molar-refractivity contribution in [2.45, 2.75) is 12.8 Å². The molecule has 0 unspecified atom stereocenters. The van der Waals surface area contributed by atoms with E-state index in [1.807, 2.05) is 0 Å². The molecule has 4 nitrogen and oxygen atoms in total. The highest BCUT2D eigenvalue weighted by molar-refractivity contribution is 5.72. The third-order valence-electron chi connectivity index (χ3n) is 2.09. The molecule has 0 aliphatic rings. The molecule has 1 rings (SSSR count). The highest BCUT2D eigenvalue weighted by Crippen LogP contribution is 2.10. The zero-order chi connectivity index (χ0) is 13.5. The van der Waals surface area contributed by atoms with E-state index in [-0.39, 0.29) is 18.4 Å². The predicted octanol–water partition coefficient (Wildman–Crippen LogP) is 1.37. The van der Waals surface area contributed by atoms with Crippen LogP contribution in [-0.2, 0) is 20.7 Å². The SMILES string of the molecule is COC(=O)CC#Cc1ccc(CC(=O)O)c(F)c1. The maximum atomic E-state index is 13.4. The molecular formula is C13H11FO4. The maximum Gasteiger partial charge on any atom is 0.317 e.